The van der Waals surface area contributed by atoms with E-state index in [1.54, 1.807) is 25.1 Å². The Morgan fingerprint density at radius 2 is 2.05 bits per heavy atom. The molecule has 0 amide bonds. The third-order valence-electron chi connectivity index (χ3n) is 2.99. The van der Waals surface area contributed by atoms with Crippen LogP contribution in [0.3, 0.4) is 0 Å². The van der Waals surface area contributed by atoms with Gasteiger partial charge in [-0.2, -0.15) is 0 Å². The Balaban J connectivity index is 2.16. The molecule has 0 aliphatic heterocycles. The second kappa shape index (κ2) is 7.90. The van der Waals surface area contributed by atoms with Crippen LogP contribution in [-0.2, 0) is 11.2 Å². The Labute approximate surface area is 135 Å². The highest BCUT2D eigenvalue weighted by atomic mass is 35.5. The van der Waals surface area contributed by atoms with Crippen LogP contribution in [-0.4, -0.2) is 19.2 Å². The third kappa shape index (κ3) is 4.28. The number of carbonyl (C=O) groups excluding carboxylic acids is 1. The molecule has 0 saturated heterocycles. The number of halogens is 1. The highest BCUT2D eigenvalue weighted by Gasteiger charge is 2.14. The fourth-order valence-electron chi connectivity index (χ4n) is 2.01. The zero-order chi connectivity index (χ0) is 15.9. The highest BCUT2D eigenvalue weighted by Crippen LogP contribution is 2.26. The zero-order valence-electron chi connectivity index (χ0n) is 12.7. The monoisotopic (exact) mass is 322 g/mol. The number of esters is 1. The molecule has 0 spiro atoms. The van der Waals surface area contributed by atoms with Gasteiger partial charge >= 0.3 is 5.97 Å². The average Bonchev–Trinajstić information content (AvgIpc) is 2.95. The van der Waals surface area contributed by atoms with E-state index in [1.165, 1.54) is 0 Å². The van der Waals surface area contributed by atoms with Crippen molar-refractivity contribution in [2.75, 3.05) is 13.2 Å². The van der Waals surface area contributed by atoms with Gasteiger partial charge in [-0.25, -0.2) is 4.79 Å². The quantitative estimate of drug-likeness (QED) is 0.705. The molecular formula is C17H19ClO4. The molecule has 0 aliphatic rings. The molecule has 22 heavy (non-hydrogen) atoms. The van der Waals surface area contributed by atoms with Gasteiger partial charge in [0.1, 0.15) is 11.5 Å². The van der Waals surface area contributed by atoms with Gasteiger partial charge in [-0.1, -0.05) is 18.5 Å². The summed E-state index contributed by atoms with van der Waals surface area (Å²) in [6.45, 7) is 4.76. The summed E-state index contributed by atoms with van der Waals surface area (Å²) in [6, 6.07) is 8.87. The number of benzene rings is 1. The molecule has 0 N–H and O–H groups in total. The topological polar surface area (TPSA) is 48.7 Å². The largest absolute Gasteiger partial charge is 0.493 e. The van der Waals surface area contributed by atoms with Crippen molar-refractivity contribution in [3.05, 3.63) is 52.4 Å². The van der Waals surface area contributed by atoms with E-state index in [9.17, 15) is 4.79 Å². The van der Waals surface area contributed by atoms with Crippen molar-refractivity contribution in [1.82, 2.24) is 0 Å². The maximum atomic E-state index is 11.6. The minimum Gasteiger partial charge on any atom is -0.493 e. The molecule has 5 heteroatoms. The van der Waals surface area contributed by atoms with Crippen LogP contribution in [0.15, 0.2) is 34.7 Å². The van der Waals surface area contributed by atoms with Crippen LogP contribution in [0.4, 0.5) is 0 Å². The summed E-state index contributed by atoms with van der Waals surface area (Å²) < 4.78 is 16.2. The van der Waals surface area contributed by atoms with E-state index < -0.39 is 5.97 Å². The minimum absolute atomic E-state index is 0.204. The van der Waals surface area contributed by atoms with Crippen LogP contribution in [0, 0.1) is 0 Å². The number of rotatable bonds is 7. The molecule has 0 aliphatic carbocycles. The van der Waals surface area contributed by atoms with Crippen molar-refractivity contribution < 1.29 is 18.7 Å². The van der Waals surface area contributed by atoms with E-state index in [-0.39, 0.29) is 5.76 Å². The Kier molecular flexibility index (Phi) is 5.90. The molecule has 2 aromatic rings. The normalized spacial score (nSPS) is 10.5. The molecule has 1 heterocycles. The molecule has 118 valence electrons. The van der Waals surface area contributed by atoms with E-state index in [0.29, 0.717) is 30.4 Å². The maximum Gasteiger partial charge on any atom is 0.374 e. The molecule has 0 radical (unpaired) electrons. The molecule has 2 rings (SSSR count). The Bertz CT molecular complexity index is 633. The van der Waals surface area contributed by atoms with Crippen LogP contribution >= 0.6 is 11.6 Å². The van der Waals surface area contributed by atoms with Crippen molar-refractivity contribution in [3.63, 3.8) is 0 Å². The minimum atomic E-state index is -0.456. The predicted octanol–water partition coefficient (Wildman–Crippen LogP) is 4.49. The summed E-state index contributed by atoms with van der Waals surface area (Å²) >= 11 is 6.05. The second-order valence-electron chi connectivity index (χ2n) is 4.76. The number of furan rings is 1. The summed E-state index contributed by atoms with van der Waals surface area (Å²) in [4.78, 5) is 11.6. The standard InChI is InChI=1S/C17H19ClO4/c1-3-9-21-15-7-5-13(18)10-12(15)11-14-6-8-16(22-14)17(19)20-4-2/h5-8,10H,3-4,9,11H2,1-2H3. The highest BCUT2D eigenvalue weighted by molar-refractivity contribution is 6.30. The van der Waals surface area contributed by atoms with Gasteiger partial charge in [-0.05, 0) is 43.7 Å². The lowest BCUT2D eigenvalue weighted by atomic mass is 10.1. The van der Waals surface area contributed by atoms with Crippen molar-refractivity contribution >= 4 is 17.6 Å². The lowest BCUT2D eigenvalue weighted by Gasteiger charge is -2.10. The summed E-state index contributed by atoms with van der Waals surface area (Å²) in [5.41, 5.74) is 0.922. The van der Waals surface area contributed by atoms with Crippen LogP contribution in [0.1, 0.15) is 42.1 Å². The summed E-state index contributed by atoms with van der Waals surface area (Å²) in [7, 11) is 0. The number of hydrogen-bond acceptors (Lipinski definition) is 4. The van der Waals surface area contributed by atoms with E-state index in [4.69, 9.17) is 25.5 Å². The molecule has 0 unspecified atom stereocenters. The van der Waals surface area contributed by atoms with Crippen LogP contribution < -0.4 is 4.74 Å². The van der Waals surface area contributed by atoms with Crippen molar-refractivity contribution in [2.45, 2.75) is 26.7 Å². The molecule has 1 aromatic heterocycles. The van der Waals surface area contributed by atoms with E-state index >= 15 is 0 Å². The number of hydrogen-bond donors (Lipinski definition) is 0. The molecular weight excluding hydrogens is 304 g/mol. The lowest BCUT2D eigenvalue weighted by Crippen LogP contribution is -2.02. The van der Waals surface area contributed by atoms with Gasteiger partial charge in [0.15, 0.2) is 0 Å². The van der Waals surface area contributed by atoms with E-state index in [2.05, 4.69) is 0 Å². The van der Waals surface area contributed by atoms with Gasteiger partial charge in [-0.3, -0.25) is 0 Å². The first-order valence-electron chi connectivity index (χ1n) is 7.31. The molecule has 0 atom stereocenters. The van der Waals surface area contributed by atoms with Gasteiger partial charge < -0.3 is 13.9 Å². The first-order chi connectivity index (χ1) is 10.6. The third-order valence-corrected chi connectivity index (χ3v) is 3.22. The van der Waals surface area contributed by atoms with Crippen LogP contribution in [0.25, 0.3) is 0 Å². The van der Waals surface area contributed by atoms with Crippen LogP contribution in [0.2, 0.25) is 5.02 Å². The smallest absolute Gasteiger partial charge is 0.374 e. The molecule has 0 saturated carbocycles. The van der Waals surface area contributed by atoms with E-state index in [1.807, 2.05) is 19.1 Å². The Morgan fingerprint density at radius 3 is 2.77 bits per heavy atom. The predicted molar refractivity (Wildman–Crippen MR) is 84.7 cm³/mol. The van der Waals surface area contributed by atoms with Gasteiger partial charge in [0.05, 0.1) is 13.2 Å². The maximum absolute atomic E-state index is 11.6. The van der Waals surface area contributed by atoms with Crippen molar-refractivity contribution in [2.24, 2.45) is 0 Å². The Hall–Kier alpha value is -1.94. The molecule has 4 nitrogen and oxygen atoms in total. The first kappa shape index (κ1) is 16.4. The SMILES string of the molecule is CCCOc1ccc(Cl)cc1Cc1ccc(C(=O)OCC)o1. The summed E-state index contributed by atoms with van der Waals surface area (Å²) in [5.74, 6) is 1.18. The summed E-state index contributed by atoms with van der Waals surface area (Å²) in [6.07, 6.45) is 1.43. The van der Waals surface area contributed by atoms with Crippen molar-refractivity contribution in [1.29, 1.82) is 0 Å². The zero-order valence-corrected chi connectivity index (χ0v) is 13.5. The molecule has 0 fully saturated rings. The number of ether oxygens (including phenoxy) is 2. The van der Waals surface area contributed by atoms with Gasteiger partial charge in [-0.15, -0.1) is 0 Å². The lowest BCUT2D eigenvalue weighted by molar-refractivity contribution is 0.0488. The number of carbonyl (C=O) groups is 1. The van der Waals surface area contributed by atoms with Gasteiger partial charge in [0.2, 0.25) is 5.76 Å². The van der Waals surface area contributed by atoms with Gasteiger partial charge in [0, 0.05) is 17.0 Å². The first-order valence-corrected chi connectivity index (χ1v) is 7.68. The summed E-state index contributed by atoms with van der Waals surface area (Å²) in [5, 5.41) is 0.635. The fraction of sp³-hybridized carbons (Fsp3) is 0.353. The fourth-order valence-corrected chi connectivity index (χ4v) is 2.21. The molecule has 1 aromatic carbocycles. The Morgan fingerprint density at radius 1 is 1.23 bits per heavy atom. The average molecular weight is 323 g/mol. The second-order valence-corrected chi connectivity index (χ2v) is 5.20. The molecule has 0 bridgehead atoms. The van der Waals surface area contributed by atoms with Crippen LogP contribution in [0.5, 0.6) is 5.75 Å². The van der Waals surface area contributed by atoms with Crippen molar-refractivity contribution in [3.8, 4) is 5.75 Å². The van der Waals surface area contributed by atoms with E-state index in [0.717, 1.165) is 17.7 Å². The van der Waals surface area contributed by atoms with Gasteiger partial charge in [0.25, 0.3) is 0 Å².